The number of carbonyl (C=O) groups is 1. The van der Waals surface area contributed by atoms with Crippen LogP contribution in [0.4, 0.5) is 0 Å². The summed E-state index contributed by atoms with van der Waals surface area (Å²) in [4.78, 5) is 20.4. The number of amides is 1. The molecule has 8 heteroatoms. The van der Waals surface area contributed by atoms with Crippen molar-refractivity contribution >= 4 is 5.91 Å². The van der Waals surface area contributed by atoms with Gasteiger partial charge in [0.05, 0.1) is 0 Å². The first kappa shape index (κ1) is 16.8. The number of aryl methyl sites for hydroxylation is 1. The van der Waals surface area contributed by atoms with Gasteiger partial charge in [-0.2, -0.15) is 4.98 Å². The Morgan fingerprint density at radius 2 is 2.16 bits per heavy atom. The maximum absolute atomic E-state index is 12.1. The number of hydrogen-bond acceptors (Lipinski definition) is 7. The van der Waals surface area contributed by atoms with Crippen LogP contribution in [0.3, 0.4) is 0 Å². The third-order valence-corrected chi connectivity index (χ3v) is 3.54. The lowest BCUT2D eigenvalue weighted by atomic mass is 10.2. The molecule has 0 aromatic carbocycles. The smallest absolute Gasteiger partial charge is 0.273 e. The van der Waals surface area contributed by atoms with E-state index in [1.807, 2.05) is 19.9 Å². The molecule has 8 nitrogen and oxygen atoms in total. The van der Waals surface area contributed by atoms with Crippen molar-refractivity contribution in [2.24, 2.45) is 0 Å². The molecule has 0 bridgehead atoms. The topological polar surface area (TPSA) is 107 Å². The van der Waals surface area contributed by atoms with Crippen LogP contribution in [0, 0.1) is 0 Å². The van der Waals surface area contributed by atoms with Crippen LogP contribution < -0.4 is 5.32 Å². The molecule has 25 heavy (non-hydrogen) atoms. The molecule has 0 radical (unpaired) electrons. The lowest BCUT2D eigenvalue weighted by Gasteiger charge is -2.00. The molecule has 0 atom stereocenters. The van der Waals surface area contributed by atoms with Crippen LogP contribution in [0.5, 0.6) is 0 Å². The molecule has 0 fully saturated rings. The summed E-state index contributed by atoms with van der Waals surface area (Å²) >= 11 is 0. The second-order valence-electron chi connectivity index (χ2n) is 5.88. The van der Waals surface area contributed by atoms with E-state index < -0.39 is 0 Å². The lowest BCUT2D eigenvalue weighted by Crippen LogP contribution is -2.25. The van der Waals surface area contributed by atoms with Gasteiger partial charge in [0.2, 0.25) is 5.89 Å². The molecule has 0 saturated carbocycles. The van der Waals surface area contributed by atoms with Crippen LogP contribution in [0.2, 0.25) is 0 Å². The molecule has 3 aromatic heterocycles. The molecule has 0 aliphatic heterocycles. The van der Waals surface area contributed by atoms with E-state index in [4.69, 9.17) is 9.05 Å². The predicted octanol–water partition coefficient (Wildman–Crippen LogP) is 2.61. The molecule has 130 valence electrons. The summed E-state index contributed by atoms with van der Waals surface area (Å²) in [6.45, 7) is 4.49. The van der Waals surface area contributed by atoms with Crippen LogP contribution in [-0.2, 0) is 6.42 Å². The van der Waals surface area contributed by atoms with Crippen molar-refractivity contribution < 1.29 is 13.8 Å². The highest BCUT2D eigenvalue weighted by atomic mass is 16.5. The Labute approximate surface area is 144 Å². The quantitative estimate of drug-likeness (QED) is 0.658. The summed E-state index contributed by atoms with van der Waals surface area (Å²) in [5.41, 5.74) is 1.00. The fourth-order valence-electron chi connectivity index (χ4n) is 2.16. The normalized spacial score (nSPS) is 11.0. The molecule has 0 aliphatic carbocycles. The largest absolute Gasteiger partial charge is 0.355 e. The Morgan fingerprint density at radius 3 is 2.88 bits per heavy atom. The fraction of sp³-hybridized carbons (Fsp3) is 0.353. The van der Waals surface area contributed by atoms with Gasteiger partial charge in [0.25, 0.3) is 5.91 Å². The van der Waals surface area contributed by atoms with Gasteiger partial charge in [-0.3, -0.25) is 9.78 Å². The van der Waals surface area contributed by atoms with Gasteiger partial charge in [-0.15, -0.1) is 0 Å². The van der Waals surface area contributed by atoms with Gasteiger partial charge in [0, 0.05) is 42.9 Å². The van der Waals surface area contributed by atoms with Gasteiger partial charge in [0.1, 0.15) is 0 Å². The van der Waals surface area contributed by atoms with E-state index in [9.17, 15) is 4.79 Å². The predicted molar refractivity (Wildman–Crippen MR) is 88.8 cm³/mol. The van der Waals surface area contributed by atoms with Crippen molar-refractivity contribution in [2.45, 2.75) is 32.6 Å². The highest BCUT2D eigenvalue weighted by Gasteiger charge is 2.14. The number of aromatic nitrogens is 4. The standard InChI is InChI=1S/C17H19N5O3/c1-11(2)16-20-15(25-22-16)6-4-8-19-17(23)13-9-14(24-21-13)12-5-3-7-18-10-12/h3,5,7,9-11H,4,6,8H2,1-2H3,(H,19,23). The number of nitrogens with one attached hydrogen (secondary N) is 1. The molecule has 3 heterocycles. The molecule has 1 amide bonds. The van der Waals surface area contributed by atoms with Crippen molar-refractivity contribution in [2.75, 3.05) is 6.54 Å². The summed E-state index contributed by atoms with van der Waals surface area (Å²) in [5.74, 6) is 1.74. The van der Waals surface area contributed by atoms with Crippen molar-refractivity contribution in [1.29, 1.82) is 0 Å². The molecule has 3 rings (SSSR count). The van der Waals surface area contributed by atoms with Gasteiger partial charge < -0.3 is 14.4 Å². The first-order valence-electron chi connectivity index (χ1n) is 8.11. The number of rotatable bonds is 7. The molecule has 0 spiro atoms. The minimum atomic E-state index is -0.285. The van der Waals surface area contributed by atoms with Crippen molar-refractivity contribution in [3.8, 4) is 11.3 Å². The van der Waals surface area contributed by atoms with E-state index in [1.54, 1.807) is 24.5 Å². The van der Waals surface area contributed by atoms with Gasteiger partial charge in [-0.1, -0.05) is 24.2 Å². The Morgan fingerprint density at radius 1 is 1.28 bits per heavy atom. The van der Waals surface area contributed by atoms with E-state index in [0.29, 0.717) is 36.9 Å². The van der Waals surface area contributed by atoms with Crippen molar-refractivity contribution in [3.63, 3.8) is 0 Å². The summed E-state index contributed by atoms with van der Waals surface area (Å²) in [7, 11) is 0. The van der Waals surface area contributed by atoms with Gasteiger partial charge in [-0.25, -0.2) is 0 Å². The molecule has 0 unspecified atom stereocenters. The molecule has 3 aromatic rings. The third-order valence-electron chi connectivity index (χ3n) is 3.54. The minimum Gasteiger partial charge on any atom is -0.355 e. The van der Waals surface area contributed by atoms with E-state index >= 15 is 0 Å². The first-order valence-corrected chi connectivity index (χ1v) is 8.11. The first-order chi connectivity index (χ1) is 12.1. The highest BCUT2D eigenvalue weighted by Crippen LogP contribution is 2.18. The van der Waals surface area contributed by atoms with Crippen LogP contribution >= 0.6 is 0 Å². The van der Waals surface area contributed by atoms with Gasteiger partial charge >= 0.3 is 0 Å². The maximum Gasteiger partial charge on any atom is 0.273 e. The zero-order chi connectivity index (χ0) is 17.6. The molecule has 0 aliphatic rings. The molecular weight excluding hydrogens is 322 g/mol. The molecule has 1 N–H and O–H groups in total. The minimum absolute atomic E-state index is 0.235. The van der Waals surface area contributed by atoms with Crippen LogP contribution in [-0.4, -0.2) is 32.7 Å². The van der Waals surface area contributed by atoms with Crippen LogP contribution in [0.25, 0.3) is 11.3 Å². The monoisotopic (exact) mass is 341 g/mol. The Balaban J connectivity index is 1.47. The zero-order valence-electron chi connectivity index (χ0n) is 14.1. The lowest BCUT2D eigenvalue weighted by molar-refractivity contribution is 0.0944. The van der Waals surface area contributed by atoms with Gasteiger partial charge in [-0.05, 0) is 18.6 Å². The van der Waals surface area contributed by atoms with Crippen LogP contribution in [0.1, 0.15) is 48.4 Å². The second kappa shape index (κ2) is 7.69. The third kappa shape index (κ3) is 4.28. The van der Waals surface area contributed by atoms with Crippen molar-refractivity contribution in [1.82, 2.24) is 25.6 Å². The number of pyridine rings is 1. The molecular formula is C17H19N5O3. The van der Waals surface area contributed by atoms with Gasteiger partial charge in [0.15, 0.2) is 17.3 Å². The Hall–Kier alpha value is -3.03. The number of nitrogens with zero attached hydrogens (tertiary/aromatic N) is 4. The average Bonchev–Trinajstić information content (AvgIpc) is 3.29. The summed E-state index contributed by atoms with van der Waals surface area (Å²) in [5, 5.41) is 10.5. The Bertz CT molecular complexity index is 826. The highest BCUT2D eigenvalue weighted by molar-refractivity contribution is 5.93. The maximum atomic E-state index is 12.1. The average molecular weight is 341 g/mol. The summed E-state index contributed by atoms with van der Waals surface area (Å²) < 4.78 is 10.4. The SMILES string of the molecule is CC(C)c1noc(CCCNC(=O)c2cc(-c3cccnc3)on2)n1. The van der Waals surface area contributed by atoms with E-state index in [-0.39, 0.29) is 17.5 Å². The number of carbonyl (C=O) groups excluding carboxylic acids is 1. The summed E-state index contributed by atoms with van der Waals surface area (Å²) in [6.07, 6.45) is 4.62. The van der Waals surface area contributed by atoms with E-state index in [1.165, 1.54) is 0 Å². The summed E-state index contributed by atoms with van der Waals surface area (Å²) in [6, 6.07) is 5.23. The van der Waals surface area contributed by atoms with Crippen molar-refractivity contribution in [3.05, 3.63) is 48.0 Å². The van der Waals surface area contributed by atoms with E-state index in [2.05, 4.69) is 25.6 Å². The van der Waals surface area contributed by atoms with Crippen LogP contribution in [0.15, 0.2) is 39.6 Å². The fourth-order valence-corrected chi connectivity index (χ4v) is 2.16. The van der Waals surface area contributed by atoms with E-state index in [0.717, 1.165) is 5.56 Å². The Kier molecular flexibility index (Phi) is 5.17. The number of hydrogen-bond donors (Lipinski definition) is 1. The molecule has 0 saturated heterocycles. The zero-order valence-corrected chi connectivity index (χ0v) is 14.1. The second-order valence-corrected chi connectivity index (χ2v) is 5.88.